The van der Waals surface area contributed by atoms with Crippen molar-refractivity contribution in [1.29, 1.82) is 0 Å². The van der Waals surface area contributed by atoms with E-state index in [-0.39, 0.29) is 11.7 Å². The second-order valence-corrected chi connectivity index (χ2v) is 7.89. The molecule has 1 saturated heterocycles. The van der Waals surface area contributed by atoms with E-state index in [2.05, 4.69) is 10.7 Å². The Morgan fingerprint density at radius 1 is 1.20 bits per heavy atom. The van der Waals surface area contributed by atoms with Crippen LogP contribution >= 0.6 is 35.0 Å². The van der Waals surface area contributed by atoms with Crippen LogP contribution in [-0.4, -0.2) is 34.1 Å². The summed E-state index contributed by atoms with van der Waals surface area (Å²) in [5.74, 6) is -0.878. The van der Waals surface area contributed by atoms with Crippen LogP contribution in [0.25, 0.3) is 0 Å². The number of hydrazine groups is 1. The fraction of sp³-hybridized carbons (Fsp3) is 0.438. The molecule has 134 valence electrons. The van der Waals surface area contributed by atoms with E-state index in [1.807, 2.05) is 0 Å². The van der Waals surface area contributed by atoms with Crippen molar-refractivity contribution in [2.45, 2.75) is 42.5 Å². The summed E-state index contributed by atoms with van der Waals surface area (Å²) in [4.78, 5) is 37.4. The number of thioether (sulfide) groups is 1. The molecule has 1 aliphatic carbocycles. The van der Waals surface area contributed by atoms with Crippen molar-refractivity contribution in [3.05, 3.63) is 28.2 Å². The Hall–Kier alpha value is -1.44. The summed E-state index contributed by atoms with van der Waals surface area (Å²) in [6.45, 7) is 0. The van der Waals surface area contributed by atoms with Gasteiger partial charge in [-0.1, -0.05) is 48.5 Å². The minimum Gasteiger partial charge on any atom is -0.322 e. The van der Waals surface area contributed by atoms with Gasteiger partial charge < -0.3 is 5.32 Å². The minimum atomic E-state index is -0.859. The van der Waals surface area contributed by atoms with Gasteiger partial charge in [0, 0.05) is 4.90 Å². The van der Waals surface area contributed by atoms with E-state index >= 15 is 0 Å². The third-order valence-electron chi connectivity index (χ3n) is 4.37. The van der Waals surface area contributed by atoms with Crippen molar-refractivity contribution in [1.82, 2.24) is 15.8 Å². The molecule has 1 aromatic rings. The molecule has 1 spiro atoms. The Morgan fingerprint density at radius 2 is 1.84 bits per heavy atom. The minimum absolute atomic E-state index is 0.0203. The van der Waals surface area contributed by atoms with Crippen LogP contribution in [0.4, 0.5) is 4.79 Å². The first-order chi connectivity index (χ1) is 11.9. The molecule has 4 amide bonds. The molecule has 1 aromatic carbocycles. The quantitative estimate of drug-likeness (QED) is 0.598. The number of imide groups is 1. The zero-order valence-corrected chi connectivity index (χ0v) is 15.6. The van der Waals surface area contributed by atoms with Crippen LogP contribution in [0.5, 0.6) is 0 Å². The first-order valence-corrected chi connectivity index (χ1v) is 9.70. The Balaban J connectivity index is 1.61. The molecule has 0 aromatic heterocycles. The Labute approximate surface area is 159 Å². The molecule has 1 aliphatic heterocycles. The lowest BCUT2D eigenvalue weighted by Gasteiger charge is -2.30. The summed E-state index contributed by atoms with van der Waals surface area (Å²) < 4.78 is 0. The molecule has 0 bridgehead atoms. The van der Waals surface area contributed by atoms with Gasteiger partial charge in [-0.2, -0.15) is 5.01 Å². The number of amides is 4. The number of halogens is 2. The maximum atomic E-state index is 12.6. The maximum absolute atomic E-state index is 12.6. The van der Waals surface area contributed by atoms with E-state index < -0.39 is 17.5 Å². The summed E-state index contributed by atoms with van der Waals surface area (Å²) in [7, 11) is 0. The number of carbonyl (C=O) groups excluding carboxylic acids is 3. The molecule has 2 N–H and O–H groups in total. The van der Waals surface area contributed by atoms with Crippen LogP contribution in [-0.2, 0) is 9.59 Å². The summed E-state index contributed by atoms with van der Waals surface area (Å²) in [5, 5.41) is 4.43. The number of hydrogen-bond acceptors (Lipinski definition) is 4. The van der Waals surface area contributed by atoms with Gasteiger partial charge >= 0.3 is 6.03 Å². The van der Waals surface area contributed by atoms with E-state index in [0.717, 1.165) is 36.0 Å². The van der Waals surface area contributed by atoms with Gasteiger partial charge in [-0.15, -0.1) is 11.8 Å². The lowest BCUT2D eigenvalue weighted by atomic mass is 9.82. The molecule has 2 fully saturated rings. The molecule has 9 heteroatoms. The molecule has 0 unspecified atom stereocenters. The van der Waals surface area contributed by atoms with E-state index in [1.165, 1.54) is 0 Å². The predicted molar refractivity (Wildman–Crippen MR) is 96.5 cm³/mol. The monoisotopic (exact) mass is 401 g/mol. The van der Waals surface area contributed by atoms with Crippen molar-refractivity contribution in [2.24, 2.45) is 0 Å². The van der Waals surface area contributed by atoms with Gasteiger partial charge in [-0.3, -0.25) is 15.0 Å². The molecule has 2 aliphatic rings. The highest BCUT2D eigenvalue weighted by molar-refractivity contribution is 8.00. The van der Waals surface area contributed by atoms with E-state index in [4.69, 9.17) is 23.2 Å². The van der Waals surface area contributed by atoms with Crippen molar-refractivity contribution >= 4 is 52.8 Å². The first kappa shape index (κ1) is 18.4. The molecule has 25 heavy (non-hydrogen) atoms. The van der Waals surface area contributed by atoms with Crippen molar-refractivity contribution < 1.29 is 14.4 Å². The smallest absolute Gasteiger partial charge is 0.322 e. The number of nitrogens with zero attached hydrogens (tertiary/aromatic N) is 1. The molecule has 0 atom stereocenters. The van der Waals surface area contributed by atoms with Gasteiger partial charge in [0.15, 0.2) is 0 Å². The fourth-order valence-electron chi connectivity index (χ4n) is 3.13. The topological polar surface area (TPSA) is 78.5 Å². The standard InChI is InChI=1S/C16H17Cl2N3O3S/c17-10-5-4-6-11(18)13(10)25-9-12(22)20-21-14(23)16(19-15(21)24)7-2-1-3-8-16/h4-6H,1-3,7-9H2,(H,19,24)(H,20,22). The average molecular weight is 402 g/mol. The number of urea groups is 1. The van der Waals surface area contributed by atoms with Gasteiger partial charge in [0.05, 0.1) is 15.8 Å². The molecule has 3 rings (SSSR count). The zero-order chi connectivity index (χ0) is 18.0. The van der Waals surface area contributed by atoms with Crippen LogP contribution < -0.4 is 10.7 Å². The van der Waals surface area contributed by atoms with E-state index in [1.54, 1.807) is 18.2 Å². The molecule has 6 nitrogen and oxygen atoms in total. The maximum Gasteiger partial charge on any atom is 0.344 e. The number of hydrogen-bond donors (Lipinski definition) is 2. The highest BCUT2D eigenvalue weighted by atomic mass is 35.5. The largest absolute Gasteiger partial charge is 0.344 e. The third-order valence-corrected chi connectivity index (χ3v) is 6.36. The lowest BCUT2D eigenvalue weighted by Crippen LogP contribution is -2.51. The van der Waals surface area contributed by atoms with Crippen molar-refractivity contribution in [3.63, 3.8) is 0 Å². The van der Waals surface area contributed by atoms with Crippen LogP contribution in [0.2, 0.25) is 10.0 Å². The molecule has 1 heterocycles. The first-order valence-electron chi connectivity index (χ1n) is 7.96. The molecular weight excluding hydrogens is 385 g/mol. The van der Waals surface area contributed by atoms with Crippen LogP contribution in [0.3, 0.4) is 0 Å². The molecule has 1 saturated carbocycles. The normalized spacial score (nSPS) is 19.2. The van der Waals surface area contributed by atoms with Crippen LogP contribution in [0, 0.1) is 0 Å². The average Bonchev–Trinajstić information content (AvgIpc) is 2.79. The Kier molecular flexibility index (Phi) is 5.46. The van der Waals surface area contributed by atoms with Crippen LogP contribution in [0.15, 0.2) is 23.1 Å². The highest BCUT2D eigenvalue weighted by Gasteiger charge is 2.52. The number of benzene rings is 1. The van der Waals surface area contributed by atoms with E-state index in [9.17, 15) is 14.4 Å². The van der Waals surface area contributed by atoms with Gasteiger partial charge in [0.1, 0.15) is 5.54 Å². The summed E-state index contributed by atoms with van der Waals surface area (Å²) in [6, 6.07) is 4.49. The fourth-order valence-corrected chi connectivity index (χ4v) is 4.61. The Morgan fingerprint density at radius 3 is 2.48 bits per heavy atom. The zero-order valence-electron chi connectivity index (χ0n) is 13.3. The van der Waals surface area contributed by atoms with Gasteiger partial charge in [0.25, 0.3) is 5.91 Å². The van der Waals surface area contributed by atoms with Crippen molar-refractivity contribution in [2.75, 3.05) is 5.75 Å². The number of nitrogens with one attached hydrogen (secondary N) is 2. The van der Waals surface area contributed by atoms with Crippen LogP contribution in [0.1, 0.15) is 32.1 Å². The summed E-state index contributed by atoms with van der Waals surface area (Å²) in [5.41, 5.74) is 1.53. The number of rotatable bonds is 4. The third kappa shape index (κ3) is 3.73. The second kappa shape index (κ2) is 7.43. The Bertz CT molecular complexity index is 702. The van der Waals surface area contributed by atoms with Gasteiger partial charge in [-0.05, 0) is 25.0 Å². The number of carbonyl (C=O) groups is 3. The van der Waals surface area contributed by atoms with Gasteiger partial charge in [0.2, 0.25) is 5.91 Å². The predicted octanol–water partition coefficient (Wildman–Crippen LogP) is 3.37. The second-order valence-electron chi connectivity index (χ2n) is 6.09. The summed E-state index contributed by atoms with van der Waals surface area (Å²) in [6.07, 6.45) is 4.03. The molecular formula is C16H17Cl2N3O3S. The summed E-state index contributed by atoms with van der Waals surface area (Å²) >= 11 is 13.3. The highest BCUT2D eigenvalue weighted by Crippen LogP contribution is 2.34. The molecule has 0 radical (unpaired) electrons. The lowest BCUT2D eigenvalue weighted by molar-refractivity contribution is -0.139. The van der Waals surface area contributed by atoms with Gasteiger partial charge in [-0.25, -0.2) is 4.79 Å². The van der Waals surface area contributed by atoms with E-state index in [0.29, 0.717) is 27.8 Å². The van der Waals surface area contributed by atoms with Crippen molar-refractivity contribution in [3.8, 4) is 0 Å². The SMILES string of the molecule is O=C(CSc1c(Cl)cccc1Cl)NN1C(=O)NC2(CCCCC2)C1=O.